The molecule has 0 aromatic heterocycles. The zero-order chi connectivity index (χ0) is 23.3. The summed E-state index contributed by atoms with van der Waals surface area (Å²) in [5.41, 5.74) is 0.436. The highest BCUT2D eigenvalue weighted by Crippen LogP contribution is 2.34. The van der Waals surface area contributed by atoms with Gasteiger partial charge >= 0.3 is 5.97 Å². The summed E-state index contributed by atoms with van der Waals surface area (Å²) in [5.74, 6) is -0.614. The zero-order valence-corrected chi connectivity index (χ0v) is 18.7. The number of ether oxygens (including phenoxy) is 4. The van der Waals surface area contributed by atoms with Crippen molar-refractivity contribution in [2.75, 3.05) is 52.9 Å². The van der Waals surface area contributed by atoms with Crippen LogP contribution in [0.1, 0.15) is 20.7 Å². The molecule has 2 aromatic carbocycles. The molecule has 0 saturated carbocycles. The zero-order valence-electron chi connectivity index (χ0n) is 17.9. The van der Waals surface area contributed by atoms with Crippen LogP contribution in [0.2, 0.25) is 0 Å². The highest BCUT2D eigenvalue weighted by molar-refractivity contribution is 7.89. The Hall–Kier alpha value is -3.15. The van der Waals surface area contributed by atoms with Gasteiger partial charge in [-0.2, -0.15) is 4.31 Å². The van der Waals surface area contributed by atoms with Crippen LogP contribution in [0.15, 0.2) is 41.3 Å². The minimum absolute atomic E-state index is 0.0741. The highest BCUT2D eigenvalue weighted by Gasteiger charge is 2.26. The van der Waals surface area contributed by atoms with E-state index >= 15 is 0 Å². The van der Waals surface area contributed by atoms with Gasteiger partial charge in [0.05, 0.1) is 50.7 Å². The number of methoxy groups -OCH3 is 3. The van der Waals surface area contributed by atoms with E-state index in [9.17, 15) is 18.0 Å². The van der Waals surface area contributed by atoms with E-state index in [1.54, 1.807) is 0 Å². The summed E-state index contributed by atoms with van der Waals surface area (Å²) in [4.78, 5) is 25.0. The fourth-order valence-electron chi connectivity index (χ4n) is 3.17. The van der Waals surface area contributed by atoms with Gasteiger partial charge < -0.3 is 24.3 Å². The summed E-state index contributed by atoms with van der Waals surface area (Å²) in [6, 6.07) is 8.39. The molecule has 0 atom stereocenters. The summed E-state index contributed by atoms with van der Waals surface area (Å²) in [7, 11) is 0.395. The van der Waals surface area contributed by atoms with Gasteiger partial charge in [-0.05, 0) is 24.3 Å². The molecule has 1 aliphatic rings. The predicted molar refractivity (Wildman–Crippen MR) is 115 cm³/mol. The third-order valence-electron chi connectivity index (χ3n) is 4.90. The number of esters is 1. The van der Waals surface area contributed by atoms with Crippen LogP contribution in [0.3, 0.4) is 0 Å². The van der Waals surface area contributed by atoms with Gasteiger partial charge in [-0.3, -0.25) is 4.79 Å². The quantitative estimate of drug-likeness (QED) is 0.616. The molecule has 1 heterocycles. The van der Waals surface area contributed by atoms with Crippen molar-refractivity contribution in [3.8, 4) is 11.5 Å². The Bertz CT molecular complexity index is 1090. The molecule has 10 nitrogen and oxygen atoms in total. The van der Waals surface area contributed by atoms with Crippen molar-refractivity contribution in [1.29, 1.82) is 0 Å². The van der Waals surface area contributed by atoms with Gasteiger partial charge in [-0.25, -0.2) is 13.2 Å². The predicted octanol–water partition coefficient (Wildman–Crippen LogP) is 1.76. The van der Waals surface area contributed by atoms with E-state index < -0.39 is 21.9 Å². The monoisotopic (exact) mass is 464 g/mol. The second-order valence-electron chi connectivity index (χ2n) is 6.74. The molecule has 0 radical (unpaired) electrons. The van der Waals surface area contributed by atoms with Crippen molar-refractivity contribution in [3.05, 3.63) is 47.5 Å². The van der Waals surface area contributed by atoms with Gasteiger partial charge in [0, 0.05) is 30.8 Å². The molecule has 0 bridgehead atoms. The average molecular weight is 464 g/mol. The SMILES string of the molecule is COC(=O)c1cc(OC)c(OC)cc1NC(=O)c1ccc(S(=O)(=O)N2CCOCC2)cc1. The maximum atomic E-state index is 12.8. The first-order valence-corrected chi connectivity index (χ1v) is 11.1. The summed E-state index contributed by atoms with van der Waals surface area (Å²) in [6.45, 7) is 1.24. The van der Waals surface area contributed by atoms with Crippen LogP contribution in [0.25, 0.3) is 0 Å². The van der Waals surface area contributed by atoms with Gasteiger partial charge in [0.15, 0.2) is 11.5 Å². The van der Waals surface area contributed by atoms with E-state index in [1.807, 2.05) is 0 Å². The molecule has 3 rings (SSSR count). The molecular formula is C21H24N2O8S. The molecule has 32 heavy (non-hydrogen) atoms. The van der Waals surface area contributed by atoms with Crippen LogP contribution < -0.4 is 14.8 Å². The van der Waals surface area contributed by atoms with E-state index in [4.69, 9.17) is 18.9 Å². The second kappa shape index (κ2) is 9.98. The summed E-state index contributed by atoms with van der Waals surface area (Å²) in [6.07, 6.45) is 0. The van der Waals surface area contributed by atoms with Gasteiger partial charge in [-0.1, -0.05) is 0 Å². The first-order chi connectivity index (χ1) is 15.3. The fourth-order valence-corrected chi connectivity index (χ4v) is 4.58. The first kappa shape index (κ1) is 23.5. The van der Waals surface area contributed by atoms with Crippen molar-refractivity contribution < 1.29 is 37.0 Å². The number of carbonyl (C=O) groups excluding carboxylic acids is 2. The van der Waals surface area contributed by atoms with E-state index in [0.29, 0.717) is 24.7 Å². The van der Waals surface area contributed by atoms with Gasteiger partial charge in [0.25, 0.3) is 5.91 Å². The van der Waals surface area contributed by atoms with Crippen molar-refractivity contribution in [2.24, 2.45) is 0 Å². The minimum atomic E-state index is -3.67. The summed E-state index contributed by atoms with van der Waals surface area (Å²) in [5, 5.41) is 2.64. The number of benzene rings is 2. The Balaban J connectivity index is 1.85. The number of rotatable bonds is 7. The number of anilines is 1. The highest BCUT2D eigenvalue weighted by atomic mass is 32.2. The lowest BCUT2D eigenvalue weighted by Crippen LogP contribution is -2.40. The van der Waals surface area contributed by atoms with Gasteiger partial charge in [0.2, 0.25) is 10.0 Å². The van der Waals surface area contributed by atoms with Crippen LogP contribution >= 0.6 is 0 Å². The van der Waals surface area contributed by atoms with Crippen molar-refractivity contribution in [2.45, 2.75) is 4.90 Å². The van der Waals surface area contributed by atoms with E-state index in [1.165, 1.54) is 62.0 Å². The second-order valence-corrected chi connectivity index (χ2v) is 8.68. The molecule has 0 spiro atoms. The largest absolute Gasteiger partial charge is 0.493 e. The van der Waals surface area contributed by atoms with Crippen LogP contribution in [-0.4, -0.2) is 72.2 Å². The molecule has 0 aliphatic carbocycles. The Morgan fingerprint density at radius 2 is 1.56 bits per heavy atom. The molecule has 1 aliphatic heterocycles. The molecule has 172 valence electrons. The lowest BCUT2D eigenvalue weighted by atomic mass is 10.1. The van der Waals surface area contributed by atoms with Gasteiger partial charge in [0.1, 0.15) is 0 Å². The van der Waals surface area contributed by atoms with Crippen LogP contribution in [0.4, 0.5) is 5.69 Å². The Morgan fingerprint density at radius 3 is 2.12 bits per heavy atom. The van der Waals surface area contributed by atoms with Crippen LogP contribution in [0, 0.1) is 0 Å². The number of amides is 1. The number of carbonyl (C=O) groups is 2. The molecule has 1 saturated heterocycles. The third kappa shape index (κ3) is 4.85. The van der Waals surface area contributed by atoms with Crippen molar-refractivity contribution >= 4 is 27.6 Å². The van der Waals surface area contributed by atoms with Crippen LogP contribution in [-0.2, 0) is 19.5 Å². The van der Waals surface area contributed by atoms with Crippen molar-refractivity contribution in [3.63, 3.8) is 0 Å². The fraction of sp³-hybridized carbons (Fsp3) is 0.333. The average Bonchev–Trinajstić information content (AvgIpc) is 2.83. The lowest BCUT2D eigenvalue weighted by Gasteiger charge is -2.26. The summed E-state index contributed by atoms with van der Waals surface area (Å²) >= 11 is 0. The van der Waals surface area contributed by atoms with E-state index in [-0.39, 0.29) is 34.8 Å². The number of nitrogens with one attached hydrogen (secondary N) is 1. The number of sulfonamides is 1. The Labute approximate surface area is 186 Å². The number of nitrogens with zero attached hydrogens (tertiary/aromatic N) is 1. The maximum absolute atomic E-state index is 12.8. The Morgan fingerprint density at radius 1 is 0.969 bits per heavy atom. The smallest absolute Gasteiger partial charge is 0.340 e. The maximum Gasteiger partial charge on any atom is 0.340 e. The third-order valence-corrected chi connectivity index (χ3v) is 6.81. The molecule has 0 unspecified atom stereocenters. The molecule has 2 aromatic rings. The standard InChI is InChI=1S/C21H24N2O8S/c1-28-18-12-16(21(25)30-3)17(13-19(18)29-2)22-20(24)14-4-6-15(7-5-14)32(26,27)23-8-10-31-11-9-23/h4-7,12-13H,8-11H2,1-3H3,(H,22,24). The molecule has 1 fully saturated rings. The number of morpholine rings is 1. The summed E-state index contributed by atoms with van der Waals surface area (Å²) < 4.78 is 47.2. The normalized spacial score (nSPS) is 14.5. The Kier molecular flexibility index (Phi) is 7.33. The van der Waals surface area contributed by atoms with Crippen molar-refractivity contribution in [1.82, 2.24) is 4.31 Å². The van der Waals surface area contributed by atoms with E-state index in [0.717, 1.165) is 0 Å². The molecule has 1 amide bonds. The van der Waals surface area contributed by atoms with Crippen LogP contribution in [0.5, 0.6) is 11.5 Å². The number of hydrogen-bond donors (Lipinski definition) is 1. The van der Waals surface area contributed by atoms with Gasteiger partial charge in [-0.15, -0.1) is 0 Å². The van der Waals surface area contributed by atoms with E-state index in [2.05, 4.69) is 5.32 Å². The molecule has 11 heteroatoms. The molecule has 1 N–H and O–H groups in total. The first-order valence-electron chi connectivity index (χ1n) is 9.65. The minimum Gasteiger partial charge on any atom is -0.493 e. The molecular weight excluding hydrogens is 440 g/mol. The topological polar surface area (TPSA) is 120 Å². The lowest BCUT2D eigenvalue weighted by molar-refractivity contribution is 0.0601. The number of hydrogen-bond acceptors (Lipinski definition) is 8.